The summed E-state index contributed by atoms with van der Waals surface area (Å²) in [5, 5.41) is 3.48. The van der Waals surface area contributed by atoms with Gasteiger partial charge in [-0.25, -0.2) is 8.78 Å². The van der Waals surface area contributed by atoms with Gasteiger partial charge >= 0.3 is 0 Å². The van der Waals surface area contributed by atoms with Gasteiger partial charge in [-0.3, -0.25) is 4.98 Å². The van der Waals surface area contributed by atoms with Crippen molar-refractivity contribution in [2.24, 2.45) is 0 Å². The van der Waals surface area contributed by atoms with E-state index < -0.39 is 11.6 Å². The third-order valence-corrected chi connectivity index (χ3v) is 3.86. The zero-order valence-corrected chi connectivity index (χ0v) is 12.9. The Bertz CT molecular complexity index is 633. The van der Waals surface area contributed by atoms with E-state index in [9.17, 15) is 8.78 Å². The molecule has 0 spiro atoms. The fourth-order valence-corrected chi connectivity index (χ4v) is 2.94. The predicted octanol–water partition coefficient (Wildman–Crippen LogP) is 3.11. The summed E-state index contributed by atoms with van der Waals surface area (Å²) >= 11 is 3.40. The summed E-state index contributed by atoms with van der Waals surface area (Å²) in [4.78, 5) is 6.04. The van der Waals surface area contributed by atoms with Crippen molar-refractivity contribution in [1.29, 1.82) is 0 Å². The highest BCUT2D eigenvalue weighted by Crippen LogP contribution is 2.35. The molecule has 0 bridgehead atoms. The van der Waals surface area contributed by atoms with Gasteiger partial charge < -0.3 is 10.2 Å². The quantitative estimate of drug-likeness (QED) is 0.843. The summed E-state index contributed by atoms with van der Waals surface area (Å²) in [6.45, 7) is 3.17. The molecule has 0 amide bonds. The van der Waals surface area contributed by atoms with Gasteiger partial charge in [0.1, 0.15) is 17.2 Å². The maximum Gasteiger partial charge on any atom is 0.149 e. The number of rotatable bonds is 1. The first-order valence-corrected chi connectivity index (χ1v) is 6.85. The summed E-state index contributed by atoms with van der Waals surface area (Å²) in [5.41, 5.74) is 0.764. The highest BCUT2D eigenvalue weighted by Gasteiger charge is 2.20. The highest BCUT2D eigenvalue weighted by atomic mass is 79.9. The van der Waals surface area contributed by atoms with Gasteiger partial charge in [0, 0.05) is 32.4 Å². The van der Waals surface area contributed by atoms with E-state index in [-0.39, 0.29) is 23.3 Å². The summed E-state index contributed by atoms with van der Waals surface area (Å²) in [5.74, 6) is -0.945. The average Bonchev–Trinajstić information content (AvgIpc) is 2.44. The maximum absolute atomic E-state index is 14.1. The third kappa shape index (κ3) is 2.60. The molecular weight excluding hydrogens is 352 g/mol. The van der Waals surface area contributed by atoms with Crippen LogP contribution in [0.5, 0.6) is 0 Å². The van der Waals surface area contributed by atoms with Crippen LogP contribution in [0.4, 0.5) is 14.5 Å². The van der Waals surface area contributed by atoms with Crippen molar-refractivity contribution in [3.8, 4) is 0 Å². The van der Waals surface area contributed by atoms with Crippen molar-refractivity contribution < 1.29 is 8.78 Å². The average molecular weight is 365 g/mol. The Hall–Kier alpha value is -0.980. The fraction of sp³-hybridized carbons (Fsp3) is 0.308. The van der Waals surface area contributed by atoms with Crippen LogP contribution in [0.1, 0.15) is 0 Å². The molecule has 3 rings (SSSR count). The molecule has 0 aliphatic carbocycles. The minimum absolute atomic E-state index is 0. The van der Waals surface area contributed by atoms with Crippen molar-refractivity contribution in [3.05, 3.63) is 34.4 Å². The van der Waals surface area contributed by atoms with Crippen molar-refractivity contribution in [2.75, 3.05) is 31.1 Å². The lowest BCUT2D eigenvalue weighted by Crippen LogP contribution is -2.43. The van der Waals surface area contributed by atoms with E-state index in [0.29, 0.717) is 10.2 Å². The third-order valence-electron chi connectivity index (χ3n) is 3.28. The number of fused-ring (bicyclic) bond motifs is 1. The van der Waals surface area contributed by atoms with Crippen LogP contribution in [0.2, 0.25) is 0 Å². The van der Waals surface area contributed by atoms with Crippen LogP contribution in [0.15, 0.2) is 22.8 Å². The molecule has 0 unspecified atom stereocenters. The molecule has 1 aliphatic heterocycles. The normalized spacial score (nSPS) is 15.2. The summed E-state index contributed by atoms with van der Waals surface area (Å²) in [7, 11) is 0. The van der Waals surface area contributed by atoms with Crippen LogP contribution in [-0.2, 0) is 0 Å². The number of halogens is 4. The number of nitrogens with zero attached hydrogens (tertiary/aromatic N) is 2. The molecule has 1 fully saturated rings. The Morgan fingerprint density at radius 3 is 2.50 bits per heavy atom. The molecule has 2 aromatic rings. The molecule has 1 aromatic carbocycles. The van der Waals surface area contributed by atoms with E-state index in [1.165, 1.54) is 6.20 Å². The molecule has 0 saturated carbocycles. The van der Waals surface area contributed by atoms with Gasteiger partial charge in [-0.05, 0) is 28.1 Å². The number of piperazine rings is 1. The monoisotopic (exact) mass is 363 g/mol. The van der Waals surface area contributed by atoms with Crippen LogP contribution in [0.25, 0.3) is 10.9 Å². The van der Waals surface area contributed by atoms with E-state index in [2.05, 4.69) is 26.2 Å². The summed E-state index contributed by atoms with van der Waals surface area (Å²) < 4.78 is 28.5. The van der Waals surface area contributed by atoms with Gasteiger partial charge in [-0.15, -0.1) is 12.4 Å². The molecule has 108 valence electrons. The first kappa shape index (κ1) is 15.4. The van der Waals surface area contributed by atoms with Gasteiger partial charge in [0.15, 0.2) is 0 Å². The van der Waals surface area contributed by atoms with Crippen LogP contribution in [-0.4, -0.2) is 31.2 Å². The first-order chi connectivity index (χ1) is 9.18. The highest BCUT2D eigenvalue weighted by molar-refractivity contribution is 9.10. The molecule has 0 radical (unpaired) electrons. The lowest BCUT2D eigenvalue weighted by Gasteiger charge is -2.31. The van der Waals surface area contributed by atoms with Crippen molar-refractivity contribution >= 4 is 44.9 Å². The Morgan fingerprint density at radius 1 is 1.15 bits per heavy atom. The van der Waals surface area contributed by atoms with Crippen molar-refractivity contribution in [2.45, 2.75) is 0 Å². The standard InChI is InChI=1S/C13H12BrF2N3.ClH/c14-8-7-18-12-10(16)2-1-9(15)11(12)13(8)19-5-3-17-4-6-19;/h1-2,7,17H,3-6H2;1H. The van der Waals surface area contributed by atoms with Crippen LogP contribution >= 0.6 is 28.3 Å². The van der Waals surface area contributed by atoms with Gasteiger partial charge in [0.05, 0.1) is 15.5 Å². The second kappa shape index (κ2) is 6.20. The Morgan fingerprint density at radius 2 is 1.80 bits per heavy atom. The molecule has 20 heavy (non-hydrogen) atoms. The molecular formula is C13H13BrClF2N3. The van der Waals surface area contributed by atoms with Crippen LogP contribution < -0.4 is 10.2 Å². The van der Waals surface area contributed by atoms with E-state index >= 15 is 0 Å². The second-order valence-corrected chi connectivity index (χ2v) is 5.30. The fourth-order valence-electron chi connectivity index (χ4n) is 2.39. The predicted molar refractivity (Wildman–Crippen MR) is 81.7 cm³/mol. The topological polar surface area (TPSA) is 28.2 Å². The van der Waals surface area contributed by atoms with Crippen LogP contribution in [0.3, 0.4) is 0 Å². The molecule has 1 aromatic heterocycles. The van der Waals surface area contributed by atoms with Crippen molar-refractivity contribution in [1.82, 2.24) is 10.3 Å². The lowest BCUT2D eigenvalue weighted by atomic mass is 10.1. The van der Waals surface area contributed by atoms with Crippen molar-refractivity contribution in [3.63, 3.8) is 0 Å². The van der Waals surface area contributed by atoms with E-state index in [4.69, 9.17) is 0 Å². The Labute approximate surface area is 129 Å². The smallest absolute Gasteiger partial charge is 0.149 e. The second-order valence-electron chi connectivity index (χ2n) is 4.44. The first-order valence-electron chi connectivity index (χ1n) is 6.06. The number of nitrogens with one attached hydrogen (secondary N) is 1. The summed E-state index contributed by atoms with van der Waals surface area (Å²) in [6.07, 6.45) is 1.53. The molecule has 3 nitrogen and oxygen atoms in total. The van der Waals surface area contributed by atoms with E-state index in [0.717, 1.165) is 38.3 Å². The molecule has 1 N–H and O–H groups in total. The number of anilines is 1. The molecule has 7 heteroatoms. The van der Waals surface area contributed by atoms with Gasteiger partial charge in [0.25, 0.3) is 0 Å². The Kier molecular flexibility index (Phi) is 4.78. The van der Waals surface area contributed by atoms with Gasteiger partial charge in [-0.1, -0.05) is 0 Å². The molecule has 0 atom stereocenters. The zero-order valence-electron chi connectivity index (χ0n) is 10.5. The summed E-state index contributed by atoms with van der Waals surface area (Å²) in [6, 6.07) is 2.26. The SMILES string of the molecule is Cl.Fc1ccc(F)c2c(N3CCNCC3)c(Br)cnc12. The van der Waals surface area contributed by atoms with E-state index in [1.54, 1.807) is 0 Å². The van der Waals surface area contributed by atoms with Crippen LogP contribution in [0, 0.1) is 11.6 Å². The Balaban J connectivity index is 0.00000147. The molecule has 2 heterocycles. The number of hydrogen-bond donors (Lipinski definition) is 1. The molecule has 1 saturated heterocycles. The maximum atomic E-state index is 14.1. The lowest BCUT2D eigenvalue weighted by molar-refractivity contribution is 0.586. The molecule has 1 aliphatic rings. The number of hydrogen-bond acceptors (Lipinski definition) is 3. The van der Waals surface area contributed by atoms with Gasteiger partial charge in [-0.2, -0.15) is 0 Å². The largest absolute Gasteiger partial charge is 0.367 e. The number of aromatic nitrogens is 1. The number of benzene rings is 1. The van der Waals surface area contributed by atoms with Gasteiger partial charge in [0.2, 0.25) is 0 Å². The zero-order chi connectivity index (χ0) is 13.4. The minimum Gasteiger partial charge on any atom is -0.367 e. The minimum atomic E-state index is -0.500. The number of pyridine rings is 1. The van der Waals surface area contributed by atoms with E-state index in [1.807, 2.05) is 4.90 Å².